The maximum atomic E-state index is 4.71. The summed E-state index contributed by atoms with van der Waals surface area (Å²) in [4.78, 5) is 25.7. The molecule has 2 aliphatic rings. The smallest absolute Gasteiger partial charge is 0.177 e. The molecule has 4 N–H and O–H groups in total. The van der Waals surface area contributed by atoms with Crippen molar-refractivity contribution in [3.63, 3.8) is 0 Å². The highest BCUT2D eigenvalue weighted by molar-refractivity contribution is 5.92. The number of nitrogens with one attached hydrogen (secondary N) is 4. The van der Waals surface area contributed by atoms with E-state index in [1.54, 1.807) is 0 Å². The molecule has 8 rings (SSSR count). The number of imidazole rings is 2. The Hall–Kier alpha value is -3.85. The fraction of sp³-hybridized carbons (Fsp3) is 0.267. The second-order valence-corrected chi connectivity index (χ2v) is 10.5. The summed E-state index contributed by atoms with van der Waals surface area (Å²) in [6.45, 7) is 2.10. The monoisotopic (exact) mass is 536 g/mol. The quantitative estimate of drug-likeness (QED) is 0.220. The van der Waals surface area contributed by atoms with E-state index in [0.29, 0.717) is 12.1 Å². The van der Waals surface area contributed by atoms with Gasteiger partial charge in [-0.3, -0.25) is 0 Å². The van der Waals surface area contributed by atoms with E-state index in [2.05, 4.69) is 79.1 Å². The molecular formula is C30H29ClN8. The molecule has 2 aromatic carbocycles. The molecule has 39 heavy (non-hydrogen) atoms. The van der Waals surface area contributed by atoms with Gasteiger partial charge in [0.1, 0.15) is 11.6 Å². The highest BCUT2D eigenvalue weighted by Crippen LogP contribution is 2.31. The number of aromatic amines is 2. The first kappa shape index (κ1) is 24.2. The summed E-state index contributed by atoms with van der Waals surface area (Å²) in [5.41, 5.74) is 7.96. The Labute approximate surface area is 231 Å². The van der Waals surface area contributed by atoms with Crippen molar-refractivity contribution in [3.8, 4) is 22.3 Å². The normalized spacial score (nSPS) is 19.3. The van der Waals surface area contributed by atoms with E-state index in [1.807, 2.05) is 12.4 Å². The van der Waals surface area contributed by atoms with Gasteiger partial charge in [0.25, 0.3) is 0 Å². The van der Waals surface area contributed by atoms with Crippen LogP contribution >= 0.6 is 12.4 Å². The SMILES string of the molecule is Cl.c1cc2cc(-c3cnc4nc([C@@H]5CCCN5)[nH]c4c3)ccc2cc1-c1cnc2nc([C@@H]3CCCN3)[nH]c2c1. The van der Waals surface area contributed by atoms with Gasteiger partial charge in [0.05, 0.1) is 23.1 Å². The first-order valence-corrected chi connectivity index (χ1v) is 13.5. The summed E-state index contributed by atoms with van der Waals surface area (Å²) in [6, 6.07) is 18.1. The number of hydrogen-bond acceptors (Lipinski definition) is 6. The number of aromatic nitrogens is 6. The van der Waals surface area contributed by atoms with Crippen molar-refractivity contribution in [1.29, 1.82) is 0 Å². The molecule has 0 amide bonds. The summed E-state index contributed by atoms with van der Waals surface area (Å²) < 4.78 is 0. The van der Waals surface area contributed by atoms with Gasteiger partial charge in [0.15, 0.2) is 11.3 Å². The van der Waals surface area contributed by atoms with Crippen molar-refractivity contribution in [1.82, 2.24) is 40.5 Å². The molecule has 6 aromatic rings. The van der Waals surface area contributed by atoms with E-state index in [9.17, 15) is 0 Å². The van der Waals surface area contributed by atoms with Crippen LogP contribution in [0.25, 0.3) is 55.4 Å². The average molecular weight is 537 g/mol. The van der Waals surface area contributed by atoms with Gasteiger partial charge in [-0.2, -0.15) is 0 Å². The third kappa shape index (κ3) is 4.34. The number of H-pyrrole nitrogens is 2. The van der Waals surface area contributed by atoms with Gasteiger partial charge in [-0.1, -0.05) is 24.3 Å². The Morgan fingerprint density at radius 2 is 1.08 bits per heavy atom. The van der Waals surface area contributed by atoms with E-state index in [4.69, 9.17) is 9.97 Å². The molecule has 0 bridgehead atoms. The van der Waals surface area contributed by atoms with Crippen molar-refractivity contribution in [2.45, 2.75) is 37.8 Å². The van der Waals surface area contributed by atoms with Crippen LogP contribution in [0.4, 0.5) is 0 Å². The molecule has 6 heterocycles. The van der Waals surface area contributed by atoms with E-state index in [-0.39, 0.29) is 12.4 Å². The highest BCUT2D eigenvalue weighted by atomic mass is 35.5. The molecule has 0 unspecified atom stereocenters. The van der Waals surface area contributed by atoms with Crippen LogP contribution in [0.15, 0.2) is 60.9 Å². The predicted molar refractivity (Wildman–Crippen MR) is 157 cm³/mol. The molecule has 2 saturated heterocycles. The fourth-order valence-corrected chi connectivity index (χ4v) is 5.92. The van der Waals surface area contributed by atoms with Gasteiger partial charge >= 0.3 is 0 Å². The third-order valence-corrected chi connectivity index (χ3v) is 8.00. The van der Waals surface area contributed by atoms with E-state index in [0.717, 1.165) is 82.2 Å². The number of pyridine rings is 2. The Balaban J connectivity index is 0.00000253. The van der Waals surface area contributed by atoms with Crippen LogP contribution < -0.4 is 10.6 Å². The maximum absolute atomic E-state index is 4.71. The Kier molecular flexibility index (Phi) is 6.03. The molecule has 4 aromatic heterocycles. The number of fused-ring (bicyclic) bond motifs is 3. The van der Waals surface area contributed by atoms with Crippen molar-refractivity contribution in [2.75, 3.05) is 13.1 Å². The fourth-order valence-electron chi connectivity index (χ4n) is 5.92. The lowest BCUT2D eigenvalue weighted by Crippen LogP contribution is -2.14. The van der Waals surface area contributed by atoms with Crippen molar-refractivity contribution < 1.29 is 0 Å². The molecule has 8 nitrogen and oxygen atoms in total. The second kappa shape index (κ2) is 9.72. The van der Waals surface area contributed by atoms with E-state index in [1.165, 1.54) is 23.6 Å². The number of benzene rings is 2. The van der Waals surface area contributed by atoms with Crippen LogP contribution in [0, 0.1) is 0 Å². The van der Waals surface area contributed by atoms with Crippen LogP contribution in [0.2, 0.25) is 0 Å². The van der Waals surface area contributed by atoms with Crippen LogP contribution in [0.1, 0.15) is 49.4 Å². The topological polar surface area (TPSA) is 107 Å². The van der Waals surface area contributed by atoms with Crippen LogP contribution in [0.3, 0.4) is 0 Å². The summed E-state index contributed by atoms with van der Waals surface area (Å²) in [7, 11) is 0. The van der Waals surface area contributed by atoms with Gasteiger partial charge in [0.2, 0.25) is 0 Å². The van der Waals surface area contributed by atoms with Crippen molar-refractivity contribution in [2.24, 2.45) is 0 Å². The molecule has 0 radical (unpaired) electrons. The maximum Gasteiger partial charge on any atom is 0.177 e. The van der Waals surface area contributed by atoms with Crippen molar-refractivity contribution >= 4 is 45.5 Å². The molecule has 0 saturated carbocycles. The minimum absolute atomic E-state index is 0. The molecule has 9 heteroatoms. The van der Waals surface area contributed by atoms with E-state index >= 15 is 0 Å². The summed E-state index contributed by atoms with van der Waals surface area (Å²) in [5.74, 6) is 1.98. The molecule has 2 fully saturated rings. The number of hydrogen-bond donors (Lipinski definition) is 4. The van der Waals surface area contributed by atoms with Crippen LogP contribution in [0.5, 0.6) is 0 Å². The van der Waals surface area contributed by atoms with E-state index < -0.39 is 0 Å². The Morgan fingerprint density at radius 1 is 0.590 bits per heavy atom. The largest absolute Gasteiger partial charge is 0.339 e. The predicted octanol–water partition coefficient (Wildman–Crippen LogP) is 5.99. The van der Waals surface area contributed by atoms with Gasteiger partial charge in [-0.15, -0.1) is 12.4 Å². The highest BCUT2D eigenvalue weighted by Gasteiger charge is 2.21. The lowest BCUT2D eigenvalue weighted by Gasteiger charge is -2.07. The van der Waals surface area contributed by atoms with Crippen LogP contribution in [-0.2, 0) is 0 Å². The first-order chi connectivity index (χ1) is 18.8. The van der Waals surface area contributed by atoms with Crippen molar-refractivity contribution in [3.05, 3.63) is 72.6 Å². The van der Waals surface area contributed by atoms with Gasteiger partial charge < -0.3 is 20.6 Å². The zero-order valence-electron chi connectivity index (χ0n) is 21.4. The third-order valence-electron chi connectivity index (χ3n) is 8.00. The lowest BCUT2D eigenvalue weighted by molar-refractivity contribution is 0.614. The molecule has 0 spiro atoms. The average Bonchev–Trinajstić information content (AvgIpc) is 3.77. The lowest BCUT2D eigenvalue weighted by atomic mass is 9.99. The minimum atomic E-state index is 0. The minimum Gasteiger partial charge on any atom is -0.339 e. The zero-order chi connectivity index (χ0) is 25.1. The molecule has 196 valence electrons. The molecule has 2 aliphatic heterocycles. The van der Waals surface area contributed by atoms with Gasteiger partial charge in [-0.25, -0.2) is 19.9 Å². The van der Waals surface area contributed by atoms with Gasteiger partial charge in [0, 0.05) is 23.5 Å². The molecular weight excluding hydrogens is 508 g/mol. The molecule has 2 atom stereocenters. The second-order valence-electron chi connectivity index (χ2n) is 10.5. The standard InChI is InChI=1S/C30H28N8.ClH/c1-3-23(31-9-1)29-35-25-13-21(15-33-27(25)37-29)19-7-5-18-12-20(8-6-17(18)11-19)22-14-26-28(34-16-22)38-30(36-26)24-4-2-10-32-24;/h5-8,11-16,23-24,31-32H,1-4,9-10H2,(H,33,35,37)(H,34,36,38);1H/t23-,24-;/m0./s1. The molecule has 0 aliphatic carbocycles. The number of halogens is 1. The number of rotatable bonds is 4. The van der Waals surface area contributed by atoms with Crippen LogP contribution in [-0.4, -0.2) is 43.0 Å². The Bertz CT molecular complexity index is 1680. The zero-order valence-corrected chi connectivity index (χ0v) is 22.2. The summed E-state index contributed by atoms with van der Waals surface area (Å²) >= 11 is 0. The summed E-state index contributed by atoms with van der Waals surface area (Å²) in [5, 5.41) is 9.39. The Morgan fingerprint density at radius 3 is 1.51 bits per heavy atom. The first-order valence-electron chi connectivity index (χ1n) is 13.5. The summed E-state index contributed by atoms with van der Waals surface area (Å²) in [6.07, 6.45) is 8.45. The number of nitrogens with zero attached hydrogens (tertiary/aromatic N) is 4. The van der Waals surface area contributed by atoms with Gasteiger partial charge in [-0.05, 0) is 84.9 Å².